The first-order valence-electron chi connectivity index (χ1n) is 9.90. The van der Waals surface area contributed by atoms with Gasteiger partial charge in [0.15, 0.2) is 11.5 Å². The molecule has 2 saturated heterocycles. The van der Waals surface area contributed by atoms with Crippen molar-refractivity contribution < 1.29 is 9.53 Å². The van der Waals surface area contributed by atoms with Gasteiger partial charge in [-0.15, -0.1) is 0 Å². The maximum absolute atomic E-state index is 12.5. The molecule has 0 bridgehead atoms. The zero-order valence-electron chi connectivity index (χ0n) is 15.9. The molecule has 4 heterocycles. The highest BCUT2D eigenvalue weighted by molar-refractivity contribution is 6.28. The Morgan fingerprint density at radius 2 is 2.04 bits per heavy atom. The summed E-state index contributed by atoms with van der Waals surface area (Å²) in [7, 11) is 0. The minimum atomic E-state index is 0.0502. The highest BCUT2D eigenvalue weighted by Gasteiger charge is 2.27. The lowest BCUT2D eigenvalue weighted by molar-refractivity contribution is -0.125. The number of nitrogens with zero attached hydrogens (tertiary/aromatic N) is 5. The fourth-order valence-electron chi connectivity index (χ4n) is 3.86. The van der Waals surface area contributed by atoms with E-state index in [4.69, 9.17) is 16.3 Å². The number of ether oxygens (including phenoxy) is 1. The van der Waals surface area contributed by atoms with E-state index < -0.39 is 0 Å². The van der Waals surface area contributed by atoms with Gasteiger partial charge in [0.05, 0.1) is 19.5 Å². The highest BCUT2D eigenvalue weighted by atomic mass is 35.5. The Bertz CT molecular complexity index is 800. The van der Waals surface area contributed by atoms with Crippen molar-refractivity contribution in [1.29, 1.82) is 0 Å². The first kappa shape index (κ1) is 19.4. The highest BCUT2D eigenvalue weighted by Crippen LogP contribution is 2.27. The van der Waals surface area contributed by atoms with Gasteiger partial charge in [-0.2, -0.15) is 9.97 Å². The second-order valence-corrected chi connectivity index (χ2v) is 7.62. The van der Waals surface area contributed by atoms with Crippen LogP contribution in [0.1, 0.15) is 19.3 Å². The van der Waals surface area contributed by atoms with Gasteiger partial charge >= 0.3 is 0 Å². The number of amides is 1. The van der Waals surface area contributed by atoms with Gasteiger partial charge in [0.1, 0.15) is 5.52 Å². The molecule has 2 aliphatic heterocycles. The molecule has 0 saturated carbocycles. The lowest BCUT2D eigenvalue weighted by atomic mass is 9.96. The first-order valence-corrected chi connectivity index (χ1v) is 10.3. The maximum atomic E-state index is 12.5. The summed E-state index contributed by atoms with van der Waals surface area (Å²) in [6, 6.07) is 0. The fourth-order valence-corrected chi connectivity index (χ4v) is 4.02. The van der Waals surface area contributed by atoms with Crippen molar-refractivity contribution in [2.45, 2.75) is 19.3 Å². The van der Waals surface area contributed by atoms with E-state index in [0.717, 1.165) is 83.1 Å². The minimum Gasteiger partial charge on any atom is -0.379 e. The number of fused-ring (bicyclic) bond motifs is 1. The van der Waals surface area contributed by atoms with Crippen LogP contribution in [-0.2, 0) is 9.53 Å². The van der Waals surface area contributed by atoms with Crippen LogP contribution in [0.25, 0.3) is 11.2 Å². The fraction of sp³-hybridized carbons (Fsp3) is 0.667. The molecule has 2 aromatic rings. The largest absolute Gasteiger partial charge is 0.379 e. The molecule has 1 amide bonds. The second kappa shape index (κ2) is 9.02. The van der Waals surface area contributed by atoms with E-state index in [1.807, 2.05) is 0 Å². The molecule has 0 spiro atoms. The van der Waals surface area contributed by atoms with Crippen LogP contribution in [-0.4, -0.2) is 83.2 Å². The molecule has 0 unspecified atom stereocenters. The molecule has 2 N–H and O–H groups in total. The quantitative estimate of drug-likeness (QED) is 0.545. The number of halogens is 1. The number of H-pyrrole nitrogens is 1. The van der Waals surface area contributed by atoms with E-state index in [2.05, 4.69) is 35.1 Å². The lowest BCUT2D eigenvalue weighted by Gasteiger charge is -2.32. The first-order chi connectivity index (χ1) is 13.7. The Kier molecular flexibility index (Phi) is 6.23. The number of aromatic nitrogens is 4. The standard InChI is InChI=1S/C18H26ClN7O2/c19-18-23-15-14(21-12-22-15)16(24-18)26-6-2-13(3-7-26)17(27)20-4-1-5-25-8-10-28-11-9-25/h12-13H,1-11H2,(H,20,27)(H,21,22,23,24). The number of anilines is 1. The third kappa shape index (κ3) is 4.53. The third-order valence-electron chi connectivity index (χ3n) is 5.46. The van der Waals surface area contributed by atoms with E-state index >= 15 is 0 Å². The predicted octanol–water partition coefficient (Wildman–Crippen LogP) is 1.06. The van der Waals surface area contributed by atoms with E-state index in [1.54, 1.807) is 6.33 Å². The van der Waals surface area contributed by atoms with Crippen molar-refractivity contribution in [3.05, 3.63) is 11.6 Å². The summed E-state index contributed by atoms with van der Waals surface area (Å²) in [6.07, 6.45) is 4.16. The van der Waals surface area contributed by atoms with Crippen LogP contribution in [0.5, 0.6) is 0 Å². The van der Waals surface area contributed by atoms with Gasteiger partial charge in [-0.3, -0.25) is 9.69 Å². The molecule has 10 heteroatoms. The van der Waals surface area contributed by atoms with Crippen LogP contribution in [0, 0.1) is 5.92 Å². The molecular formula is C18H26ClN7O2. The van der Waals surface area contributed by atoms with Crippen molar-refractivity contribution in [3.8, 4) is 0 Å². The summed E-state index contributed by atoms with van der Waals surface area (Å²) in [5.41, 5.74) is 1.35. The number of piperidine rings is 1. The van der Waals surface area contributed by atoms with Gasteiger partial charge in [0, 0.05) is 38.6 Å². The smallest absolute Gasteiger partial charge is 0.226 e. The molecular weight excluding hydrogens is 382 g/mol. The van der Waals surface area contributed by atoms with Crippen LogP contribution >= 0.6 is 11.6 Å². The SMILES string of the molecule is O=C(NCCCN1CCOCC1)C1CCN(c2nc(Cl)nc3nc[nH]c23)CC1. The van der Waals surface area contributed by atoms with E-state index in [-0.39, 0.29) is 17.1 Å². The summed E-state index contributed by atoms with van der Waals surface area (Å²) in [4.78, 5) is 32.8. The van der Waals surface area contributed by atoms with Crippen molar-refractivity contribution in [3.63, 3.8) is 0 Å². The van der Waals surface area contributed by atoms with Crippen LogP contribution in [0.15, 0.2) is 6.33 Å². The topological polar surface area (TPSA) is 99.3 Å². The monoisotopic (exact) mass is 407 g/mol. The number of hydrogen-bond acceptors (Lipinski definition) is 7. The zero-order chi connectivity index (χ0) is 19.3. The third-order valence-corrected chi connectivity index (χ3v) is 5.63. The number of carbonyl (C=O) groups is 1. The molecule has 2 aromatic heterocycles. The average Bonchev–Trinajstić information content (AvgIpc) is 3.20. The van der Waals surface area contributed by atoms with Crippen molar-refractivity contribution >= 4 is 34.5 Å². The normalized spacial score (nSPS) is 19.2. The van der Waals surface area contributed by atoms with Crippen molar-refractivity contribution in [2.24, 2.45) is 5.92 Å². The van der Waals surface area contributed by atoms with Gasteiger partial charge in [0.2, 0.25) is 11.2 Å². The van der Waals surface area contributed by atoms with E-state index in [9.17, 15) is 4.79 Å². The van der Waals surface area contributed by atoms with Gasteiger partial charge in [-0.25, -0.2) is 4.98 Å². The number of rotatable bonds is 6. The van der Waals surface area contributed by atoms with Crippen molar-refractivity contribution in [1.82, 2.24) is 30.2 Å². The summed E-state index contributed by atoms with van der Waals surface area (Å²) in [6.45, 7) is 6.86. The summed E-state index contributed by atoms with van der Waals surface area (Å²) in [5.74, 6) is 0.972. The van der Waals surface area contributed by atoms with Crippen LogP contribution in [0.4, 0.5) is 5.82 Å². The van der Waals surface area contributed by atoms with Crippen LogP contribution < -0.4 is 10.2 Å². The summed E-state index contributed by atoms with van der Waals surface area (Å²) in [5, 5.41) is 3.29. The predicted molar refractivity (Wildman–Crippen MR) is 107 cm³/mol. The second-order valence-electron chi connectivity index (χ2n) is 7.28. The molecule has 9 nitrogen and oxygen atoms in total. The molecule has 152 valence electrons. The number of imidazole rings is 1. The number of morpholine rings is 1. The molecule has 28 heavy (non-hydrogen) atoms. The minimum absolute atomic E-state index is 0.0502. The number of nitrogens with one attached hydrogen (secondary N) is 2. The van der Waals surface area contributed by atoms with Crippen LogP contribution in [0.3, 0.4) is 0 Å². The van der Waals surface area contributed by atoms with Crippen LogP contribution in [0.2, 0.25) is 5.28 Å². The maximum Gasteiger partial charge on any atom is 0.226 e. The lowest BCUT2D eigenvalue weighted by Crippen LogP contribution is -2.42. The number of hydrogen-bond donors (Lipinski definition) is 2. The Hall–Kier alpha value is -1.97. The Morgan fingerprint density at radius 1 is 1.25 bits per heavy atom. The van der Waals surface area contributed by atoms with Crippen molar-refractivity contribution in [2.75, 3.05) is 57.4 Å². The molecule has 4 rings (SSSR count). The summed E-state index contributed by atoms with van der Waals surface area (Å²) < 4.78 is 5.35. The summed E-state index contributed by atoms with van der Waals surface area (Å²) >= 11 is 6.03. The van der Waals surface area contributed by atoms with Gasteiger partial charge in [-0.05, 0) is 37.4 Å². The van der Waals surface area contributed by atoms with Gasteiger partial charge in [0.25, 0.3) is 0 Å². The molecule has 0 atom stereocenters. The molecule has 0 radical (unpaired) electrons. The molecule has 0 aliphatic carbocycles. The van der Waals surface area contributed by atoms with E-state index in [0.29, 0.717) is 5.65 Å². The Morgan fingerprint density at radius 3 is 2.82 bits per heavy atom. The molecule has 0 aromatic carbocycles. The van der Waals surface area contributed by atoms with Gasteiger partial charge < -0.3 is 19.9 Å². The Balaban J connectivity index is 1.23. The molecule has 2 aliphatic rings. The molecule has 2 fully saturated rings. The average molecular weight is 408 g/mol. The number of carbonyl (C=O) groups excluding carboxylic acids is 1. The van der Waals surface area contributed by atoms with E-state index in [1.165, 1.54) is 0 Å². The Labute approximate surface area is 168 Å². The zero-order valence-corrected chi connectivity index (χ0v) is 16.6. The van der Waals surface area contributed by atoms with Gasteiger partial charge in [-0.1, -0.05) is 0 Å². The number of aromatic amines is 1.